The molecule has 90 valence electrons. The molecule has 0 heterocycles. The highest BCUT2D eigenvalue weighted by molar-refractivity contribution is 6.30. The predicted octanol–water partition coefficient (Wildman–Crippen LogP) is 3.78. The standard InChI is InChI=1S/C13H20ClNO/c1-13(2,3)7-6-12(16)10-5-4-9(14)8-11(10)15/h4-5,8,12,16H,6-7,15H2,1-3H3. The second-order valence-corrected chi connectivity index (χ2v) is 5.82. The number of aliphatic hydroxyl groups is 1. The van der Waals surface area contributed by atoms with Crippen molar-refractivity contribution in [3.8, 4) is 0 Å². The van der Waals surface area contributed by atoms with E-state index >= 15 is 0 Å². The summed E-state index contributed by atoms with van der Waals surface area (Å²) in [6.07, 6.45) is 1.17. The van der Waals surface area contributed by atoms with Gasteiger partial charge in [-0.1, -0.05) is 38.4 Å². The van der Waals surface area contributed by atoms with E-state index in [2.05, 4.69) is 20.8 Å². The number of hydrogen-bond donors (Lipinski definition) is 2. The van der Waals surface area contributed by atoms with Crippen molar-refractivity contribution >= 4 is 17.3 Å². The molecular weight excluding hydrogens is 222 g/mol. The van der Waals surface area contributed by atoms with Crippen molar-refractivity contribution in [3.05, 3.63) is 28.8 Å². The quantitative estimate of drug-likeness (QED) is 0.791. The van der Waals surface area contributed by atoms with E-state index in [4.69, 9.17) is 17.3 Å². The summed E-state index contributed by atoms with van der Waals surface area (Å²) in [5, 5.41) is 10.6. The minimum absolute atomic E-state index is 0.224. The van der Waals surface area contributed by atoms with Crippen LogP contribution in [0.15, 0.2) is 18.2 Å². The molecule has 0 spiro atoms. The summed E-state index contributed by atoms with van der Waals surface area (Å²) in [6.45, 7) is 6.47. The molecule has 0 saturated carbocycles. The highest BCUT2D eigenvalue weighted by atomic mass is 35.5. The first kappa shape index (κ1) is 13.3. The molecule has 0 saturated heterocycles. The summed E-state index contributed by atoms with van der Waals surface area (Å²) in [4.78, 5) is 0. The first-order valence-corrected chi connectivity index (χ1v) is 5.90. The largest absolute Gasteiger partial charge is 0.398 e. The molecule has 0 aliphatic heterocycles. The number of benzene rings is 1. The van der Waals surface area contributed by atoms with E-state index in [1.807, 2.05) is 0 Å². The molecule has 16 heavy (non-hydrogen) atoms. The lowest BCUT2D eigenvalue weighted by atomic mass is 9.88. The van der Waals surface area contributed by atoms with Gasteiger partial charge in [0.2, 0.25) is 0 Å². The molecule has 1 aromatic carbocycles. The van der Waals surface area contributed by atoms with Crippen LogP contribution < -0.4 is 5.73 Å². The van der Waals surface area contributed by atoms with Crippen LogP contribution in [0.5, 0.6) is 0 Å². The van der Waals surface area contributed by atoms with Crippen molar-refractivity contribution in [2.45, 2.75) is 39.7 Å². The van der Waals surface area contributed by atoms with Crippen molar-refractivity contribution in [3.63, 3.8) is 0 Å². The number of nitrogen functional groups attached to an aromatic ring is 1. The third-order valence-electron chi connectivity index (χ3n) is 2.58. The Morgan fingerprint density at radius 3 is 2.50 bits per heavy atom. The van der Waals surface area contributed by atoms with Gasteiger partial charge in [0.15, 0.2) is 0 Å². The van der Waals surface area contributed by atoms with Crippen LogP contribution in [-0.2, 0) is 0 Å². The second kappa shape index (κ2) is 5.07. The molecule has 1 unspecified atom stereocenters. The lowest BCUT2D eigenvalue weighted by Gasteiger charge is -2.21. The zero-order chi connectivity index (χ0) is 12.3. The molecule has 1 atom stereocenters. The number of anilines is 1. The molecule has 0 fully saturated rings. The van der Waals surface area contributed by atoms with Crippen LogP contribution in [0.2, 0.25) is 5.02 Å². The van der Waals surface area contributed by atoms with Gasteiger partial charge in [-0.05, 0) is 30.4 Å². The Balaban J connectivity index is 2.70. The molecule has 2 nitrogen and oxygen atoms in total. The normalized spacial score (nSPS) is 13.8. The van der Waals surface area contributed by atoms with E-state index < -0.39 is 6.10 Å². The SMILES string of the molecule is CC(C)(C)CCC(O)c1ccc(Cl)cc1N. The van der Waals surface area contributed by atoms with E-state index in [-0.39, 0.29) is 5.41 Å². The van der Waals surface area contributed by atoms with Crippen molar-refractivity contribution in [2.24, 2.45) is 5.41 Å². The second-order valence-electron chi connectivity index (χ2n) is 5.39. The van der Waals surface area contributed by atoms with Gasteiger partial charge in [-0.25, -0.2) is 0 Å². The maximum absolute atomic E-state index is 10.0. The smallest absolute Gasteiger partial charge is 0.0810 e. The molecule has 0 aliphatic rings. The van der Waals surface area contributed by atoms with E-state index in [1.54, 1.807) is 18.2 Å². The molecule has 0 amide bonds. The summed E-state index contributed by atoms with van der Waals surface area (Å²) >= 11 is 5.81. The third kappa shape index (κ3) is 4.03. The minimum atomic E-state index is -0.503. The fraction of sp³-hybridized carbons (Fsp3) is 0.538. The number of nitrogens with two attached hydrogens (primary N) is 1. The summed E-state index contributed by atoms with van der Waals surface area (Å²) in [5.41, 5.74) is 7.38. The van der Waals surface area contributed by atoms with E-state index in [0.29, 0.717) is 10.7 Å². The third-order valence-corrected chi connectivity index (χ3v) is 2.81. The molecule has 1 rings (SSSR count). The number of rotatable bonds is 3. The predicted molar refractivity (Wildman–Crippen MR) is 69.5 cm³/mol. The highest BCUT2D eigenvalue weighted by Crippen LogP contribution is 2.30. The molecule has 3 N–H and O–H groups in total. The van der Waals surface area contributed by atoms with Crippen molar-refractivity contribution in [1.29, 1.82) is 0 Å². The maximum atomic E-state index is 10.0. The highest BCUT2D eigenvalue weighted by Gasteiger charge is 2.16. The Morgan fingerprint density at radius 1 is 1.38 bits per heavy atom. The van der Waals surface area contributed by atoms with Crippen LogP contribution in [-0.4, -0.2) is 5.11 Å². The van der Waals surface area contributed by atoms with Gasteiger partial charge >= 0.3 is 0 Å². The Labute approximate surface area is 102 Å². The van der Waals surface area contributed by atoms with Gasteiger partial charge in [0.25, 0.3) is 0 Å². The van der Waals surface area contributed by atoms with Gasteiger partial charge < -0.3 is 10.8 Å². The van der Waals surface area contributed by atoms with Crippen LogP contribution in [0.1, 0.15) is 45.3 Å². The number of aliphatic hydroxyl groups excluding tert-OH is 1. The summed E-state index contributed by atoms with van der Waals surface area (Å²) in [7, 11) is 0. The van der Waals surface area contributed by atoms with Gasteiger partial charge in [0.1, 0.15) is 0 Å². The average molecular weight is 242 g/mol. The van der Waals surface area contributed by atoms with Crippen molar-refractivity contribution in [1.82, 2.24) is 0 Å². The lowest BCUT2D eigenvalue weighted by Crippen LogP contribution is -2.09. The van der Waals surface area contributed by atoms with Crippen molar-refractivity contribution < 1.29 is 5.11 Å². The van der Waals surface area contributed by atoms with Gasteiger partial charge in [-0.15, -0.1) is 0 Å². The minimum Gasteiger partial charge on any atom is -0.398 e. The maximum Gasteiger partial charge on any atom is 0.0810 e. The van der Waals surface area contributed by atoms with Gasteiger partial charge in [0.05, 0.1) is 6.10 Å². The lowest BCUT2D eigenvalue weighted by molar-refractivity contribution is 0.148. The van der Waals surface area contributed by atoms with Gasteiger partial charge in [-0.2, -0.15) is 0 Å². The molecule has 1 aromatic rings. The van der Waals surface area contributed by atoms with Crippen LogP contribution in [0, 0.1) is 5.41 Å². The first-order valence-electron chi connectivity index (χ1n) is 5.52. The number of hydrogen-bond acceptors (Lipinski definition) is 2. The molecule has 3 heteroatoms. The molecule has 0 aliphatic carbocycles. The molecule has 0 aromatic heterocycles. The topological polar surface area (TPSA) is 46.2 Å². The van der Waals surface area contributed by atoms with Gasteiger partial charge in [-0.3, -0.25) is 0 Å². The van der Waals surface area contributed by atoms with E-state index in [0.717, 1.165) is 18.4 Å². The van der Waals surface area contributed by atoms with Crippen LogP contribution in [0.25, 0.3) is 0 Å². The van der Waals surface area contributed by atoms with Crippen molar-refractivity contribution in [2.75, 3.05) is 5.73 Å². The van der Waals surface area contributed by atoms with Crippen LogP contribution >= 0.6 is 11.6 Å². The fourth-order valence-electron chi connectivity index (χ4n) is 1.57. The first-order chi connectivity index (χ1) is 7.29. The Kier molecular flexibility index (Phi) is 4.22. The fourth-order valence-corrected chi connectivity index (χ4v) is 1.75. The molecular formula is C13H20ClNO. The number of halogens is 1. The van der Waals surface area contributed by atoms with Gasteiger partial charge in [0, 0.05) is 16.3 Å². The molecule has 0 radical (unpaired) electrons. The average Bonchev–Trinajstić information content (AvgIpc) is 2.13. The van der Waals surface area contributed by atoms with Crippen LogP contribution in [0.4, 0.5) is 5.69 Å². The zero-order valence-electron chi connectivity index (χ0n) is 10.1. The van der Waals surface area contributed by atoms with E-state index in [9.17, 15) is 5.11 Å². The Hall–Kier alpha value is -0.730. The summed E-state index contributed by atoms with van der Waals surface area (Å²) in [5.74, 6) is 0. The Morgan fingerprint density at radius 2 is 2.00 bits per heavy atom. The zero-order valence-corrected chi connectivity index (χ0v) is 10.9. The summed E-state index contributed by atoms with van der Waals surface area (Å²) in [6, 6.07) is 5.23. The Bertz CT molecular complexity index is 357. The molecule has 0 bridgehead atoms. The monoisotopic (exact) mass is 241 g/mol. The summed E-state index contributed by atoms with van der Waals surface area (Å²) < 4.78 is 0. The van der Waals surface area contributed by atoms with E-state index in [1.165, 1.54) is 0 Å². The van der Waals surface area contributed by atoms with Crippen LogP contribution in [0.3, 0.4) is 0 Å².